The summed E-state index contributed by atoms with van der Waals surface area (Å²) in [5.74, 6) is -2.12. The summed E-state index contributed by atoms with van der Waals surface area (Å²) in [7, 11) is 3.16. The number of carbonyl (C=O) groups excluding carboxylic acids is 2. The highest BCUT2D eigenvalue weighted by Crippen LogP contribution is 2.41. The van der Waals surface area contributed by atoms with E-state index in [0.29, 0.717) is 35.3 Å². The molecule has 2 saturated heterocycles. The van der Waals surface area contributed by atoms with E-state index in [1.807, 2.05) is 7.05 Å². The lowest BCUT2D eigenvalue weighted by molar-refractivity contribution is -0.914. The van der Waals surface area contributed by atoms with Crippen LogP contribution in [0.4, 0.5) is 5.13 Å². The number of anilines is 1. The molecule has 1 unspecified atom stereocenters. The van der Waals surface area contributed by atoms with Crippen molar-refractivity contribution in [3.63, 3.8) is 0 Å². The maximum absolute atomic E-state index is 13.0. The molecule has 3 aliphatic rings. The molecule has 3 aliphatic heterocycles. The number of piperidine rings is 1. The number of hydrogen-bond donors (Lipinski definition) is 5. The number of fused-ring (bicyclic) bond motifs is 1. The van der Waals surface area contributed by atoms with Crippen LogP contribution >= 0.6 is 23.1 Å². The van der Waals surface area contributed by atoms with E-state index in [0.717, 1.165) is 11.3 Å². The van der Waals surface area contributed by atoms with Crippen molar-refractivity contribution in [1.82, 2.24) is 15.2 Å². The number of aliphatic carboxylic acids is 1. The van der Waals surface area contributed by atoms with Gasteiger partial charge in [-0.15, -0.1) is 23.1 Å². The Morgan fingerprint density at radius 2 is 2.14 bits per heavy atom. The van der Waals surface area contributed by atoms with Crippen molar-refractivity contribution in [3.8, 4) is 0 Å². The molecule has 13 nitrogen and oxygen atoms in total. The molecule has 15 heteroatoms. The van der Waals surface area contributed by atoms with Crippen LogP contribution < -0.4 is 11.1 Å². The first-order valence-electron chi connectivity index (χ1n) is 10.8. The molecule has 0 aromatic carbocycles. The predicted molar refractivity (Wildman–Crippen MR) is 127 cm³/mol. The van der Waals surface area contributed by atoms with Gasteiger partial charge in [-0.25, -0.2) is 9.78 Å². The average molecular weight is 528 g/mol. The van der Waals surface area contributed by atoms with Gasteiger partial charge in [-0.2, -0.15) is 0 Å². The number of likely N-dealkylation sites (N-methyl/N-ethyl adjacent to an activating group) is 1. The van der Waals surface area contributed by atoms with E-state index >= 15 is 0 Å². The molecular weight excluding hydrogens is 500 g/mol. The predicted octanol–water partition coefficient (Wildman–Crippen LogP) is -1.61. The number of nitrogen functional groups attached to an aromatic ring is 1. The zero-order valence-corrected chi connectivity index (χ0v) is 20.7. The lowest BCUT2D eigenvalue weighted by Gasteiger charge is -2.50. The van der Waals surface area contributed by atoms with Crippen molar-refractivity contribution in [1.29, 1.82) is 0 Å². The van der Waals surface area contributed by atoms with Gasteiger partial charge in [-0.3, -0.25) is 14.5 Å². The van der Waals surface area contributed by atoms with Crippen LogP contribution in [0.25, 0.3) is 0 Å². The number of carbonyl (C=O) groups is 3. The summed E-state index contributed by atoms with van der Waals surface area (Å²) in [4.78, 5) is 48.0. The van der Waals surface area contributed by atoms with Gasteiger partial charge in [0.15, 0.2) is 10.8 Å². The average Bonchev–Trinajstić information content (AvgIpc) is 3.23. The van der Waals surface area contributed by atoms with E-state index in [9.17, 15) is 29.7 Å². The summed E-state index contributed by atoms with van der Waals surface area (Å²) >= 11 is 2.47. The van der Waals surface area contributed by atoms with E-state index in [2.05, 4.69) is 15.5 Å². The molecule has 0 saturated carbocycles. The molecule has 190 valence electrons. The summed E-state index contributed by atoms with van der Waals surface area (Å²) in [5, 5.41) is 37.4. The van der Waals surface area contributed by atoms with Crippen LogP contribution in [0.15, 0.2) is 21.8 Å². The SMILES string of the molecule is CO/N=C(\C(=O)N[C@@H]1C(=O)N2C(C(=O)O)=C(C[N+]3(C)CC[C@H](O)[C@H](O)C3)CS[C@H]12)c1csc(N)n1. The number of carboxylic acids is 1. The maximum Gasteiger partial charge on any atom is 0.352 e. The number of rotatable bonds is 7. The van der Waals surface area contributed by atoms with Crippen LogP contribution in [0, 0.1) is 0 Å². The highest BCUT2D eigenvalue weighted by molar-refractivity contribution is 8.00. The van der Waals surface area contributed by atoms with Crippen LogP contribution in [0.3, 0.4) is 0 Å². The van der Waals surface area contributed by atoms with E-state index in [1.54, 1.807) is 0 Å². The van der Waals surface area contributed by atoms with Gasteiger partial charge < -0.3 is 35.7 Å². The smallest absolute Gasteiger partial charge is 0.352 e. The minimum Gasteiger partial charge on any atom is -0.477 e. The third kappa shape index (κ3) is 4.86. The Morgan fingerprint density at radius 3 is 2.74 bits per heavy atom. The zero-order chi connectivity index (χ0) is 25.5. The number of aliphatic hydroxyl groups is 2. The molecule has 4 heterocycles. The second-order valence-electron chi connectivity index (χ2n) is 8.92. The third-order valence-corrected chi connectivity index (χ3v) is 8.32. The summed E-state index contributed by atoms with van der Waals surface area (Å²) < 4.78 is 0.353. The number of aromatic nitrogens is 1. The molecule has 5 atom stereocenters. The van der Waals surface area contributed by atoms with Gasteiger partial charge in [0.2, 0.25) is 0 Å². The number of likely N-dealkylation sites (tertiary alicyclic amines) is 1. The Morgan fingerprint density at radius 1 is 1.40 bits per heavy atom. The van der Waals surface area contributed by atoms with E-state index in [4.69, 9.17) is 10.6 Å². The Labute approximate surface area is 208 Å². The minimum absolute atomic E-state index is 0.0951. The molecule has 2 fully saturated rings. The molecule has 4 rings (SSSR count). The third-order valence-electron chi connectivity index (χ3n) is 6.31. The van der Waals surface area contributed by atoms with Crippen LogP contribution in [0.5, 0.6) is 0 Å². The standard InChI is InChI=1S/C20H26N6O7S2/c1-26(4-3-11(27)12(28)6-26)5-9-7-34-18-14(17(30)25(18)15(9)19(31)32)23-16(29)13(24-33-2)10-8-35-20(21)22-10/h8,11-12,14,18,27-28H,3-7H2,1-2H3,(H3-,21,22,23,29,31,32)/p+1/b24-13-/t11-,12+,14+,18+,26?/m0/s1. The highest BCUT2D eigenvalue weighted by atomic mass is 32.2. The van der Waals surface area contributed by atoms with E-state index < -0.39 is 41.4 Å². The topological polar surface area (TPSA) is 188 Å². The molecule has 0 aliphatic carbocycles. The molecule has 0 bridgehead atoms. The monoisotopic (exact) mass is 527 g/mol. The zero-order valence-electron chi connectivity index (χ0n) is 19.1. The largest absolute Gasteiger partial charge is 0.477 e. The fourth-order valence-electron chi connectivity index (χ4n) is 4.61. The van der Waals surface area contributed by atoms with Crippen LogP contribution in [0.2, 0.25) is 0 Å². The number of nitrogens with zero attached hydrogens (tertiary/aromatic N) is 4. The molecule has 6 N–H and O–H groups in total. The van der Waals surface area contributed by atoms with E-state index in [-0.39, 0.29) is 28.8 Å². The van der Waals surface area contributed by atoms with Crippen LogP contribution in [-0.2, 0) is 19.2 Å². The lowest BCUT2D eigenvalue weighted by atomic mass is 9.99. The van der Waals surface area contributed by atoms with Crippen LogP contribution in [-0.4, -0.2) is 116 Å². The summed E-state index contributed by atoms with van der Waals surface area (Å²) in [6, 6.07) is -0.946. The molecule has 1 aromatic heterocycles. The number of β-lactam (4-membered cyclic amide) rings is 1. The van der Waals surface area contributed by atoms with E-state index in [1.165, 1.54) is 29.2 Å². The highest BCUT2D eigenvalue weighted by Gasteiger charge is 2.55. The number of quaternary nitrogens is 1. The van der Waals surface area contributed by atoms with Gasteiger partial charge >= 0.3 is 5.97 Å². The molecule has 2 amide bonds. The molecular formula is C20H27N6O7S2+. The van der Waals surface area contributed by atoms with Crippen molar-refractivity contribution >= 4 is 51.7 Å². The normalized spacial score (nSPS) is 31.0. The quantitative estimate of drug-likeness (QED) is 0.119. The van der Waals surface area contributed by atoms with Gasteiger partial charge in [0.1, 0.15) is 49.1 Å². The van der Waals surface area contributed by atoms with Gasteiger partial charge in [-0.1, -0.05) is 5.16 Å². The first-order valence-corrected chi connectivity index (χ1v) is 12.7. The fraction of sp³-hybridized carbons (Fsp3) is 0.550. The van der Waals surface area contributed by atoms with Crippen molar-refractivity contribution in [3.05, 3.63) is 22.3 Å². The Hall–Kier alpha value is -2.72. The lowest BCUT2D eigenvalue weighted by Crippen LogP contribution is -2.71. The number of hydrogen-bond acceptors (Lipinski definition) is 11. The number of aliphatic hydroxyl groups excluding tert-OH is 2. The number of thioether (sulfide) groups is 1. The molecule has 0 spiro atoms. The fourth-order valence-corrected chi connectivity index (χ4v) is 6.49. The number of amides is 2. The number of oxime groups is 1. The maximum atomic E-state index is 13.0. The van der Waals surface area contributed by atoms with Crippen molar-refractivity contribution < 1.29 is 39.0 Å². The number of carboxylic acid groups (broad SMARTS) is 1. The summed E-state index contributed by atoms with van der Waals surface area (Å²) in [5.41, 5.74) is 6.16. The number of nitrogens with two attached hydrogens (primary N) is 1. The molecule has 1 aromatic rings. The minimum atomic E-state index is -1.23. The first-order chi connectivity index (χ1) is 16.5. The van der Waals surface area contributed by atoms with Crippen molar-refractivity contribution in [2.75, 3.05) is 45.3 Å². The first kappa shape index (κ1) is 25.4. The van der Waals surface area contributed by atoms with Crippen molar-refractivity contribution in [2.45, 2.75) is 30.0 Å². The second kappa shape index (κ2) is 9.73. The van der Waals surface area contributed by atoms with Gasteiger partial charge in [0.25, 0.3) is 11.8 Å². The van der Waals surface area contributed by atoms with Crippen molar-refractivity contribution in [2.24, 2.45) is 5.16 Å². The van der Waals surface area contributed by atoms with Gasteiger partial charge in [-0.05, 0) is 0 Å². The molecule has 0 radical (unpaired) electrons. The summed E-state index contributed by atoms with van der Waals surface area (Å²) in [6.45, 7) is 1.17. The van der Waals surface area contributed by atoms with Gasteiger partial charge in [0, 0.05) is 23.1 Å². The Kier molecular flexibility index (Phi) is 7.06. The number of nitrogens with one attached hydrogen (secondary N) is 1. The number of thiazole rings is 1. The summed E-state index contributed by atoms with van der Waals surface area (Å²) in [6.07, 6.45) is -1.30. The van der Waals surface area contributed by atoms with Crippen LogP contribution in [0.1, 0.15) is 12.1 Å². The second-order valence-corrected chi connectivity index (χ2v) is 10.9. The van der Waals surface area contributed by atoms with Gasteiger partial charge in [0.05, 0.1) is 19.7 Å². The Balaban J connectivity index is 1.51. The molecule has 35 heavy (non-hydrogen) atoms. The Bertz CT molecular complexity index is 1110.